The van der Waals surface area contributed by atoms with E-state index in [4.69, 9.17) is 4.74 Å². The lowest BCUT2D eigenvalue weighted by molar-refractivity contribution is -0.0201. The summed E-state index contributed by atoms with van der Waals surface area (Å²) in [6.45, 7) is 3.66. The molecule has 1 aromatic carbocycles. The average Bonchev–Trinajstić information content (AvgIpc) is 2.97. The minimum absolute atomic E-state index is 0.0571. The van der Waals surface area contributed by atoms with Crippen LogP contribution in [0.1, 0.15) is 19.8 Å². The predicted molar refractivity (Wildman–Crippen MR) is 97.1 cm³/mol. The van der Waals surface area contributed by atoms with Crippen LogP contribution in [0, 0.1) is 5.92 Å². The minimum atomic E-state index is -3.65. The van der Waals surface area contributed by atoms with Gasteiger partial charge in [-0.05, 0) is 44.0 Å². The summed E-state index contributed by atoms with van der Waals surface area (Å²) in [6, 6.07) is 7.85. The Morgan fingerprint density at radius 1 is 1.19 bits per heavy atom. The number of ether oxygens (including phenoxy) is 1. The smallest absolute Gasteiger partial charge is 0.240 e. The Morgan fingerprint density at radius 2 is 1.85 bits per heavy atom. The zero-order valence-corrected chi connectivity index (χ0v) is 15.8. The number of hydrogen-bond donors (Lipinski definition) is 3. The monoisotopic (exact) mass is 384 g/mol. The maximum absolute atomic E-state index is 12.5. The van der Waals surface area contributed by atoms with Crippen LogP contribution in [0.3, 0.4) is 0 Å². The molecule has 2 fully saturated rings. The van der Waals surface area contributed by atoms with Gasteiger partial charge in [-0.1, -0.05) is 25.1 Å². The molecular formula is C18H28N2O5S. The van der Waals surface area contributed by atoms with E-state index in [0.717, 1.165) is 25.9 Å². The molecule has 4 atom stereocenters. The molecule has 1 aromatic rings. The highest BCUT2D eigenvalue weighted by atomic mass is 32.2. The predicted octanol–water partition coefficient (Wildman–Crippen LogP) is 0.186. The summed E-state index contributed by atoms with van der Waals surface area (Å²) < 4.78 is 33.3. The van der Waals surface area contributed by atoms with Gasteiger partial charge in [-0.2, -0.15) is 0 Å². The van der Waals surface area contributed by atoms with E-state index in [1.165, 1.54) is 12.1 Å². The topological polar surface area (TPSA) is 99.1 Å². The van der Waals surface area contributed by atoms with Gasteiger partial charge in [-0.3, -0.25) is 4.90 Å². The summed E-state index contributed by atoms with van der Waals surface area (Å²) in [7, 11) is -3.65. The molecule has 2 heterocycles. The number of sulfonamides is 1. The number of aliphatic hydroxyl groups is 2. The lowest BCUT2D eigenvalue weighted by atomic mass is 9.94. The van der Waals surface area contributed by atoms with Crippen molar-refractivity contribution in [3.05, 3.63) is 30.3 Å². The number of hydrogen-bond acceptors (Lipinski definition) is 6. The second-order valence-electron chi connectivity index (χ2n) is 7.26. The Bertz CT molecular complexity index is 676. The summed E-state index contributed by atoms with van der Waals surface area (Å²) in [4.78, 5) is 2.36. The van der Waals surface area contributed by atoms with E-state index in [0.29, 0.717) is 5.92 Å². The number of aliphatic hydroxyl groups excluding tert-OH is 2. The lowest BCUT2D eigenvalue weighted by Crippen LogP contribution is -2.53. The third kappa shape index (κ3) is 4.27. The largest absolute Gasteiger partial charge is 0.394 e. The first-order valence-electron chi connectivity index (χ1n) is 9.15. The normalized spacial score (nSPS) is 31.3. The Morgan fingerprint density at radius 3 is 2.46 bits per heavy atom. The molecule has 146 valence electrons. The van der Waals surface area contributed by atoms with Crippen LogP contribution in [0.4, 0.5) is 0 Å². The van der Waals surface area contributed by atoms with Gasteiger partial charge in [0.1, 0.15) is 12.2 Å². The number of rotatable bonds is 6. The van der Waals surface area contributed by atoms with Crippen LogP contribution >= 0.6 is 0 Å². The Kier molecular flexibility index (Phi) is 6.32. The molecule has 0 spiro atoms. The molecule has 8 heteroatoms. The van der Waals surface area contributed by atoms with Gasteiger partial charge >= 0.3 is 0 Å². The highest BCUT2D eigenvalue weighted by molar-refractivity contribution is 7.89. The summed E-state index contributed by atoms with van der Waals surface area (Å²) >= 11 is 0. The first-order valence-corrected chi connectivity index (χ1v) is 10.6. The van der Waals surface area contributed by atoms with Crippen LogP contribution in [0.15, 0.2) is 35.2 Å². The summed E-state index contributed by atoms with van der Waals surface area (Å²) in [6.07, 6.45) is 0.0459. The van der Waals surface area contributed by atoms with E-state index in [1.807, 2.05) is 0 Å². The second-order valence-corrected chi connectivity index (χ2v) is 9.03. The lowest BCUT2D eigenvalue weighted by Gasteiger charge is -2.38. The van der Waals surface area contributed by atoms with Gasteiger partial charge in [0, 0.05) is 6.54 Å². The number of benzene rings is 1. The maximum Gasteiger partial charge on any atom is 0.240 e. The van der Waals surface area contributed by atoms with Crippen LogP contribution in [-0.2, 0) is 14.8 Å². The Labute approximate surface area is 155 Å². The van der Waals surface area contributed by atoms with E-state index in [1.54, 1.807) is 18.2 Å². The molecule has 7 nitrogen and oxygen atoms in total. The zero-order chi connectivity index (χ0) is 18.7. The fourth-order valence-electron chi connectivity index (χ4n) is 3.80. The van der Waals surface area contributed by atoms with E-state index >= 15 is 0 Å². The molecular weight excluding hydrogens is 356 g/mol. The van der Waals surface area contributed by atoms with Crippen molar-refractivity contribution in [2.24, 2.45) is 5.92 Å². The first kappa shape index (κ1) is 19.7. The number of nitrogens with one attached hydrogen (secondary N) is 1. The van der Waals surface area contributed by atoms with E-state index in [9.17, 15) is 18.6 Å². The van der Waals surface area contributed by atoms with Crippen molar-refractivity contribution in [2.75, 3.05) is 26.2 Å². The summed E-state index contributed by atoms with van der Waals surface area (Å²) in [5.41, 5.74) is 0. The second kappa shape index (κ2) is 8.33. The van der Waals surface area contributed by atoms with Crippen molar-refractivity contribution >= 4 is 10.0 Å². The molecule has 0 amide bonds. The maximum atomic E-state index is 12.5. The van der Waals surface area contributed by atoms with Crippen molar-refractivity contribution in [1.29, 1.82) is 0 Å². The van der Waals surface area contributed by atoms with Gasteiger partial charge < -0.3 is 14.9 Å². The van der Waals surface area contributed by atoms with Gasteiger partial charge in [-0.15, -0.1) is 0 Å². The Hall–Kier alpha value is -1.03. The highest BCUT2D eigenvalue weighted by Crippen LogP contribution is 2.29. The average molecular weight is 384 g/mol. The fourth-order valence-corrected chi connectivity index (χ4v) is 4.86. The van der Waals surface area contributed by atoms with Crippen LogP contribution in [-0.4, -0.2) is 74.1 Å². The zero-order valence-electron chi connectivity index (χ0n) is 15.0. The van der Waals surface area contributed by atoms with Gasteiger partial charge in [0.15, 0.2) is 0 Å². The molecule has 3 rings (SSSR count). The van der Waals surface area contributed by atoms with Gasteiger partial charge in [0.05, 0.1) is 23.6 Å². The molecule has 0 unspecified atom stereocenters. The fraction of sp³-hybridized carbons (Fsp3) is 0.667. The van der Waals surface area contributed by atoms with Crippen molar-refractivity contribution < 1.29 is 23.4 Å². The SMILES string of the molecule is CC1CCN([C@H]2[C@H](O)[C@H](CO)O[C@@H]2CNS(=O)(=O)c2ccccc2)CC1. The van der Waals surface area contributed by atoms with Crippen LogP contribution in [0.5, 0.6) is 0 Å². The quantitative estimate of drug-likeness (QED) is 0.647. The van der Waals surface area contributed by atoms with Crippen LogP contribution in [0.2, 0.25) is 0 Å². The van der Waals surface area contributed by atoms with E-state index in [-0.39, 0.29) is 24.1 Å². The molecule has 0 aromatic heterocycles. The van der Waals surface area contributed by atoms with Gasteiger partial charge in [0.2, 0.25) is 10.0 Å². The summed E-state index contributed by atoms with van der Waals surface area (Å²) in [5, 5.41) is 20.1. The van der Waals surface area contributed by atoms with Crippen molar-refractivity contribution in [3.63, 3.8) is 0 Å². The van der Waals surface area contributed by atoms with Crippen LogP contribution in [0.25, 0.3) is 0 Å². The third-order valence-electron chi connectivity index (χ3n) is 5.41. The molecule has 2 aliphatic heterocycles. The van der Waals surface area contributed by atoms with E-state index in [2.05, 4.69) is 16.5 Å². The minimum Gasteiger partial charge on any atom is -0.394 e. The summed E-state index contributed by atoms with van der Waals surface area (Å²) in [5.74, 6) is 0.648. The van der Waals surface area contributed by atoms with Crippen molar-refractivity contribution in [2.45, 2.75) is 49.0 Å². The molecule has 0 saturated carbocycles. The molecule has 0 aliphatic carbocycles. The first-order chi connectivity index (χ1) is 12.4. The Balaban J connectivity index is 1.70. The van der Waals surface area contributed by atoms with Crippen molar-refractivity contribution in [1.82, 2.24) is 9.62 Å². The number of piperidine rings is 1. The molecule has 2 saturated heterocycles. The van der Waals surface area contributed by atoms with Gasteiger partial charge in [-0.25, -0.2) is 13.1 Å². The number of likely N-dealkylation sites (tertiary alicyclic amines) is 1. The highest BCUT2D eigenvalue weighted by Gasteiger charge is 2.46. The number of nitrogens with zero attached hydrogens (tertiary/aromatic N) is 1. The molecule has 26 heavy (non-hydrogen) atoms. The molecule has 0 bridgehead atoms. The standard InChI is InChI=1S/C18H28N2O5S/c1-13-7-9-20(10-8-13)17-15(25-16(12-21)18(17)22)11-19-26(23,24)14-5-3-2-4-6-14/h2-6,13,15-19,21-22H,7-12H2,1H3/t15-,16+,17-,18-/m1/s1. The molecule has 2 aliphatic rings. The van der Waals surface area contributed by atoms with Crippen molar-refractivity contribution in [3.8, 4) is 0 Å². The van der Waals surface area contributed by atoms with Crippen LogP contribution < -0.4 is 4.72 Å². The molecule has 3 N–H and O–H groups in total. The van der Waals surface area contributed by atoms with Gasteiger partial charge in [0.25, 0.3) is 0 Å². The molecule has 0 radical (unpaired) electrons. The third-order valence-corrected chi connectivity index (χ3v) is 6.85. The van der Waals surface area contributed by atoms with E-state index < -0.39 is 28.3 Å².